The fraction of sp³-hybridized carbons (Fsp3) is 0.391. The van der Waals surface area contributed by atoms with E-state index in [-0.39, 0.29) is 5.91 Å². The summed E-state index contributed by atoms with van der Waals surface area (Å²) in [7, 11) is 1.62. The van der Waals surface area contributed by atoms with Crippen LogP contribution < -0.4 is 15.0 Å². The number of nitrogens with one attached hydrogen (secondary N) is 1. The summed E-state index contributed by atoms with van der Waals surface area (Å²) in [6.45, 7) is 6.05. The minimum absolute atomic E-state index is 0.0357. The quantitative estimate of drug-likeness (QED) is 0.630. The fourth-order valence-electron chi connectivity index (χ4n) is 3.94. The number of amides is 1. The van der Waals surface area contributed by atoms with E-state index in [1.54, 1.807) is 7.11 Å². The van der Waals surface area contributed by atoms with E-state index in [1.807, 2.05) is 54.9 Å². The minimum atomic E-state index is -0.0357. The lowest BCUT2D eigenvalue weighted by Gasteiger charge is -2.15. The molecule has 3 aromatic rings. The molecule has 2 aromatic heterocycles. The van der Waals surface area contributed by atoms with Gasteiger partial charge in [0.05, 0.1) is 12.8 Å². The summed E-state index contributed by atoms with van der Waals surface area (Å²) in [5.74, 6) is 2.33. The summed E-state index contributed by atoms with van der Waals surface area (Å²) in [4.78, 5) is 14.7. The molecular weight excluding hydrogens is 392 g/mol. The second kappa shape index (κ2) is 9.16. The maximum absolute atomic E-state index is 12.4. The largest absolute Gasteiger partial charge is 0.497 e. The predicted octanol–water partition coefficient (Wildman–Crippen LogP) is 3.46. The molecule has 0 saturated carbocycles. The van der Waals surface area contributed by atoms with E-state index in [9.17, 15) is 4.79 Å². The van der Waals surface area contributed by atoms with Crippen molar-refractivity contribution >= 4 is 17.4 Å². The maximum Gasteiger partial charge on any atom is 0.224 e. The number of carbonyl (C=O) groups excluding carboxylic acids is 1. The van der Waals surface area contributed by atoms with Gasteiger partial charge in [0.15, 0.2) is 11.6 Å². The third-order valence-corrected chi connectivity index (χ3v) is 5.70. The van der Waals surface area contributed by atoms with Crippen LogP contribution in [0.1, 0.15) is 36.2 Å². The van der Waals surface area contributed by atoms with E-state index in [0.29, 0.717) is 18.7 Å². The second-order valence-electron chi connectivity index (χ2n) is 7.78. The number of aromatic nitrogens is 4. The van der Waals surface area contributed by atoms with E-state index in [2.05, 4.69) is 25.5 Å². The lowest BCUT2D eigenvalue weighted by Crippen LogP contribution is -2.19. The smallest absolute Gasteiger partial charge is 0.224 e. The molecule has 1 aromatic carbocycles. The number of nitrogens with zero attached hydrogens (tertiary/aromatic N) is 5. The summed E-state index contributed by atoms with van der Waals surface area (Å²) in [5.41, 5.74) is 3.71. The highest BCUT2D eigenvalue weighted by atomic mass is 16.5. The van der Waals surface area contributed by atoms with Crippen molar-refractivity contribution < 1.29 is 9.53 Å². The van der Waals surface area contributed by atoms with Gasteiger partial charge in [-0.25, -0.2) is 4.68 Å². The summed E-state index contributed by atoms with van der Waals surface area (Å²) >= 11 is 0. The van der Waals surface area contributed by atoms with Crippen LogP contribution in [-0.2, 0) is 11.2 Å². The summed E-state index contributed by atoms with van der Waals surface area (Å²) in [6, 6.07) is 11.3. The molecule has 1 amide bonds. The number of hydrogen-bond donors (Lipinski definition) is 1. The van der Waals surface area contributed by atoms with Gasteiger partial charge in [0.25, 0.3) is 0 Å². The first-order valence-corrected chi connectivity index (χ1v) is 10.6. The highest BCUT2D eigenvalue weighted by Gasteiger charge is 2.17. The van der Waals surface area contributed by atoms with E-state index >= 15 is 0 Å². The topological polar surface area (TPSA) is 85.2 Å². The van der Waals surface area contributed by atoms with Crippen molar-refractivity contribution in [2.24, 2.45) is 0 Å². The van der Waals surface area contributed by atoms with Gasteiger partial charge in [0.2, 0.25) is 5.91 Å². The van der Waals surface area contributed by atoms with Gasteiger partial charge in [-0.3, -0.25) is 4.79 Å². The van der Waals surface area contributed by atoms with Crippen LogP contribution >= 0.6 is 0 Å². The van der Waals surface area contributed by atoms with Gasteiger partial charge in [-0.1, -0.05) is 0 Å². The van der Waals surface area contributed by atoms with E-state index < -0.39 is 0 Å². The number of carbonyl (C=O) groups is 1. The Bertz CT molecular complexity index is 1040. The van der Waals surface area contributed by atoms with Crippen LogP contribution in [0.15, 0.2) is 36.4 Å². The molecule has 1 aliphatic heterocycles. The average molecular weight is 421 g/mol. The lowest BCUT2D eigenvalue weighted by molar-refractivity contribution is -0.116. The van der Waals surface area contributed by atoms with Crippen molar-refractivity contribution in [3.8, 4) is 11.6 Å². The molecule has 0 bridgehead atoms. The summed E-state index contributed by atoms with van der Waals surface area (Å²) in [6.07, 6.45) is 3.39. The zero-order valence-corrected chi connectivity index (χ0v) is 18.3. The van der Waals surface area contributed by atoms with E-state index in [1.165, 1.54) is 12.8 Å². The van der Waals surface area contributed by atoms with Crippen LogP contribution in [0.3, 0.4) is 0 Å². The number of rotatable bonds is 7. The zero-order chi connectivity index (χ0) is 21.8. The van der Waals surface area contributed by atoms with Crippen molar-refractivity contribution in [1.29, 1.82) is 0 Å². The number of methoxy groups -OCH3 is 1. The Morgan fingerprint density at radius 3 is 2.35 bits per heavy atom. The molecule has 3 heterocycles. The lowest BCUT2D eigenvalue weighted by atomic mass is 10.1. The SMILES string of the molecule is COc1ccc(NC(=O)CCc2c(C)nn(-c3ccc(N4CCCC4)nn3)c2C)cc1. The molecule has 0 spiro atoms. The third-order valence-electron chi connectivity index (χ3n) is 5.70. The van der Waals surface area contributed by atoms with Crippen molar-refractivity contribution in [3.05, 3.63) is 53.3 Å². The molecule has 31 heavy (non-hydrogen) atoms. The minimum Gasteiger partial charge on any atom is -0.497 e. The first kappa shape index (κ1) is 20.8. The normalized spacial score (nSPS) is 13.5. The Hall–Kier alpha value is -3.42. The van der Waals surface area contributed by atoms with Crippen LogP contribution in [0.4, 0.5) is 11.5 Å². The van der Waals surface area contributed by atoms with Crippen LogP contribution in [-0.4, -0.2) is 46.1 Å². The fourth-order valence-corrected chi connectivity index (χ4v) is 3.94. The monoisotopic (exact) mass is 420 g/mol. The molecule has 1 N–H and O–H groups in total. The molecule has 8 nitrogen and oxygen atoms in total. The van der Waals surface area contributed by atoms with Gasteiger partial charge in [-0.2, -0.15) is 5.10 Å². The standard InChI is InChI=1S/C23H28N6O2/c1-16-20(10-13-23(30)24-18-6-8-19(31-3)9-7-18)17(2)29(27-16)22-12-11-21(25-26-22)28-14-4-5-15-28/h6-9,11-12H,4-5,10,13-15H2,1-3H3,(H,24,30). The van der Waals surface area contributed by atoms with Gasteiger partial charge < -0.3 is 15.0 Å². The molecule has 1 aliphatic rings. The molecule has 0 unspecified atom stereocenters. The number of hydrogen-bond acceptors (Lipinski definition) is 6. The number of aryl methyl sites for hydroxylation is 1. The molecule has 162 valence electrons. The molecular formula is C23H28N6O2. The Labute approximate surface area is 182 Å². The molecule has 0 radical (unpaired) electrons. The van der Waals surface area contributed by atoms with Gasteiger partial charge in [-0.15, -0.1) is 10.2 Å². The molecule has 4 rings (SSSR count). The van der Waals surface area contributed by atoms with E-state index in [4.69, 9.17) is 4.74 Å². The van der Waals surface area contributed by atoms with Crippen LogP contribution in [0.25, 0.3) is 5.82 Å². The Morgan fingerprint density at radius 1 is 1.03 bits per heavy atom. The van der Waals surface area contributed by atoms with Gasteiger partial charge in [0.1, 0.15) is 5.75 Å². The number of ether oxygens (including phenoxy) is 1. The van der Waals surface area contributed by atoms with Crippen molar-refractivity contribution in [3.63, 3.8) is 0 Å². The molecule has 0 aliphatic carbocycles. The molecule has 1 saturated heterocycles. The Balaban J connectivity index is 1.41. The predicted molar refractivity (Wildman–Crippen MR) is 120 cm³/mol. The number of benzene rings is 1. The highest BCUT2D eigenvalue weighted by Crippen LogP contribution is 2.21. The van der Waals surface area contributed by atoms with Gasteiger partial charge in [-0.05, 0) is 75.1 Å². The average Bonchev–Trinajstić information content (AvgIpc) is 3.42. The van der Waals surface area contributed by atoms with E-state index in [0.717, 1.165) is 47.3 Å². The van der Waals surface area contributed by atoms with Crippen LogP contribution in [0.5, 0.6) is 5.75 Å². The molecule has 1 fully saturated rings. The third kappa shape index (κ3) is 4.68. The van der Waals surface area contributed by atoms with Crippen LogP contribution in [0, 0.1) is 13.8 Å². The zero-order valence-electron chi connectivity index (χ0n) is 18.3. The highest BCUT2D eigenvalue weighted by molar-refractivity contribution is 5.90. The summed E-state index contributed by atoms with van der Waals surface area (Å²) < 4.78 is 6.96. The van der Waals surface area contributed by atoms with Crippen molar-refractivity contribution in [2.75, 3.05) is 30.4 Å². The van der Waals surface area contributed by atoms with Crippen LogP contribution in [0.2, 0.25) is 0 Å². The molecule has 0 atom stereocenters. The number of anilines is 2. The van der Waals surface area contributed by atoms with Crippen molar-refractivity contribution in [1.82, 2.24) is 20.0 Å². The summed E-state index contributed by atoms with van der Waals surface area (Å²) in [5, 5.41) is 16.4. The first-order chi connectivity index (χ1) is 15.0. The Kier molecular flexibility index (Phi) is 6.16. The van der Waals surface area contributed by atoms with Crippen molar-refractivity contribution in [2.45, 2.75) is 39.5 Å². The first-order valence-electron chi connectivity index (χ1n) is 10.6. The second-order valence-corrected chi connectivity index (χ2v) is 7.78. The molecule has 8 heteroatoms. The van der Waals surface area contributed by atoms with Gasteiger partial charge >= 0.3 is 0 Å². The Morgan fingerprint density at radius 2 is 1.71 bits per heavy atom. The maximum atomic E-state index is 12.4. The van der Waals surface area contributed by atoms with Gasteiger partial charge in [0, 0.05) is 30.9 Å².